The highest BCUT2D eigenvalue weighted by molar-refractivity contribution is 5.94. The molecule has 0 atom stereocenters. The number of nitriles is 1. The molecule has 1 aliphatic rings. The van der Waals surface area contributed by atoms with Gasteiger partial charge in [-0.15, -0.1) is 0 Å². The van der Waals surface area contributed by atoms with Crippen LogP contribution < -0.4 is 5.73 Å². The second-order valence-electron chi connectivity index (χ2n) is 27.0. The molecule has 20 rings (SSSR count). The third kappa shape index (κ3) is 15.4. The maximum atomic E-state index is 13.8. The van der Waals surface area contributed by atoms with Crippen molar-refractivity contribution < 1.29 is 9.18 Å². The van der Waals surface area contributed by atoms with Gasteiger partial charge in [-0.05, 0) is 159 Å². The van der Waals surface area contributed by atoms with Gasteiger partial charge in [0.2, 0.25) is 5.91 Å². The lowest BCUT2D eigenvalue weighted by Crippen LogP contribution is -2.10. The Balaban J connectivity index is 0.000000110. The van der Waals surface area contributed by atoms with Gasteiger partial charge in [-0.25, -0.2) is 24.3 Å². The highest BCUT2D eigenvalue weighted by Gasteiger charge is 2.27. The zero-order valence-electron chi connectivity index (χ0n) is 61.3. The Labute approximate surface area is 643 Å². The maximum absolute atomic E-state index is 13.8. The Morgan fingerprint density at radius 3 is 1.28 bits per heavy atom. The van der Waals surface area contributed by atoms with Crippen molar-refractivity contribution in [3.63, 3.8) is 0 Å². The van der Waals surface area contributed by atoms with E-state index >= 15 is 0 Å². The molecule has 28 heteroatoms. The summed E-state index contributed by atoms with van der Waals surface area (Å²) in [5.74, 6) is 1.56. The molecule has 113 heavy (non-hydrogen) atoms. The number of benzene rings is 7. The van der Waals surface area contributed by atoms with E-state index in [0.29, 0.717) is 41.7 Å². The minimum Gasteiger partial charge on any atom is -0.366 e. The van der Waals surface area contributed by atoms with Crippen molar-refractivity contribution in [2.45, 2.75) is 38.6 Å². The van der Waals surface area contributed by atoms with Crippen molar-refractivity contribution in [1.82, 2.24) is 119 Å². The summed E-state index contributed by atoms with van der Waals surface area (Å²) in [6.45, 7) is 1.91. The number of rotatable bonds is 15. The number of nitrogens with one attached hydrogen (secondary N) is 4. The van der Waals surface area contributed by atoms with Crippen LogP contribution in [0.2, 0.25) is 0 Å². The van der Waals surface area contributed by atoms with Crippen LogP contribution in [0.4, 0.5) is 4.39 Å². The summed E-state index contributed by atoms with van der Waals surface area (Å²) in [5, 5.41) is 27.3. The first kappa shape index (κ1) is 70.5. The number of halogens is 1. The summed E-state index contributed by atoms with van der Waals surface area (Å²) in [7, 11) is 5.65. The van der Waals surface area contributed by atoms with E-state index in [2.05, 4.69) is 86.2 Å². The van der Waals surface area contributed by atoms with E-state index in [4.69, 9.17) is 31.0 Å². The second-order valence-corrected chi connectivity index (χ2v) is 27.0. The molecule has 550 valence electrons. The molecule has 1 amide bonds. The number of aromatic nitrogens is 24. The fourth-order valence-corrected chi connectivity index (χ4v) is 13.3. The van der Waals surface area contributed by atoms with Crippen molar-refractivity contribution in [3.05, 3.63) is 278 Å². The van der Waals surface area contributed by atoms with E-state index in [9.17, 15) is 9.18 Å². The fourth-order valence-electron chi connectivity index (χ4n) is 13.3. The van der Waals surface area contributed by atoms with Gasteiger partial charge in [0, 0.05) is 141 Å². The standard InChI is InChI=1S/C26H23FN6.C22H17N7O.C22H15N7.C15H12N6/c1-16-12-17(14-19(27)13-16)2-7-24-30-25(18-3-6-21-23(15-18)29-10-9-28-21)26(31-24)22-8-11-33(32-22)20-4-5-20;1-29-11-8-17(28-29)20-19(15-6-7-16-18(12-15)25-10-9-24-16)26-22(27-20)14-4-2-13(3-5-14)21(23)30;1-29-11-8-18(28-29)21-20(16-6-7-17-19(12-16)25-10-9-24-17)26-22(27-21)15-4-2-14(13-23)3-5-15;1-21-7-4-12(20-21)15-14(18-9-19-15)10-2-3-11-13(8-10)17-6-5-16-11/h3,6,8-15,20H,2,4-5,7H2,1H3,(H,30,31);2-12H,1H3,(H2,23,30)(H,26,27);2-12H,1H3,(H,26,27);2-9H,1H3,(H,18,19). The lowest BCUT2D eigenvalue weighted by molar-refractivity contribution is 0.1000. The fraction of sp³-hybridized carbons (Fsp3) is 0.106. The van der Waals surface area contributed by atoms with Crippen LogP contribution in [-0.4, -0.2) is 125 Å². The van der Waals surface area contributed by atoms with Crippen LogP contribution in [0.1, 0.15) is 51.8 Å². The van der Waals surface area contributed by atoms with Crippen LogP contribution in [0.15, 0.2) is 244 Å². The largest absolute Gasteiger partial charge is 0.366 e. The number of aryl methyl sites for hydroxylation is 6. The molecule has 6 N–H and O–H groups in total. The lowest BCUT2D eigenvalue weighted by Gasteiger charge is -2.03. The van der Waals surface area contributed by atoms with Gasteiger partial charge in [0.15, 0.2) is 0 Å². The van der Waals surface area contributed by atoms with Gasteiger partial charge in [0.05, 0.1) is 114 Å². The highest BCUT2D eigenvalue weighted by Crippen LogP contribution is 2.39. The maximum Gasteiger partial charge on any atom is 0.248 e. The number of primary amides is 1. The highest BCUT2D eigenvalue weighted by atomic mass is 19.1. The third-order valence-electron chi connectivity index (χ3n) is 18.9. The van der Waals surface area contributed by atoms with Crippen LogP contribution in [0.25, 0.3) is 157 Å². The number of carbonyl (C=O) groups excluding carboxylic acids is 1. The van der Waals surface area contributed by atoms with Crippen LogP contribution in [0.5, 0.6) is 0 Å². The molecule has 1 fully saturated rings. The summed E-state index contributed by atoms with van der Waals surface area (Å²) in [6, 6.07) is 53.7. The van der Waals surface area contributed by atoms with Crippen molar-refractivity contribution in [2.24, 2.45) is 26.9 Å². The summed E-state index contributed by atoms with van der Waals surface area (Å²) < 4.78 is 21.1. The molecule has 1 saturated carbocycles. The van der Waals surface area contributed by atoms with Crippen molar-refractivity contribution in [1.29, 1.82) is 5.26 Å². The first-order valence-electron chi connectivity index (χ1n) is 36.1. The minimum absolute atomic E-state index is 0.200. The molecule has 0 aliphatic heterocycles. The zero-order chi connectivity index (χ0) is 77.1. The Morgan fingerprint density at radius 1 is 0.442 bits per heavy atom. The zero-order valence-corrected chi connectivity index (χ0v) is 61.3. The number of hydrogen-bond acceptors (Lipinski definition) is 18. The molecular weight excluding hydrogens is 1420 g/mol. The number of amides is 1. The number of nitrogens with two attached hydrogens (primary N) is 1. The molecule has 0 radical (unpaired) electrons. The molecule has 0 spiro atoms. The van der Waals surface area contributed by atoms with Gasteiger partial charge in [-0.3, -0.25) is 63.4 Å². The molecule has 27 nitrogen and oxygen atoms in total. The van der Waals surface area contributed by atoms with E-state index in [1.165, 1.54) is 12.8 Å². The topological polar surface area (TPSA) is 356 Å². The van der Waals surface area contributed by atoms with E-state index in [-0.39, 0.29) is 5.82 Å². The van der Waals surface area contributed by atoms with Gasteiger partial charge >= 0.3 is 0 Å². The van der Waals surface area contributed by atoms with Gasteiger partial charge in [-0.1, -0.05) is 42.5 Å². The number of carbonyl (C=O) groups is 1. The van der Waals surface area contributed by atoms with Gasteiger partial charge in [0.25, 0.3) is 0 Å². The summed E-state index contributed by atoms with van der Waals surface area (Å²) >= 11 is 0. The van der Waals surface area contributed by atoms with Gasteiger partial charge in [-0.2, -0.15) is 25.7 Å². The molecule has 12 aromatic heterocycles. The Kier molecular flexibility index (Phi) is 19.1. The van der Waals surface area contributed by atoms with Gasteiger partial charge in [0.1, 0.15) is 46.1 Å². The number of fused-ring (bicyclic) bond motifs is 4. The summed E-state index contributed by atoms with van der Waals surface area (Å²) in [5.41, 5.74) is 30.4. The summed E-state index contributed by atoms with van der Waals surface area (Å²) in [4.78, 5) is 78.8. The predicted molar refractivity (Wildman–Crippen MR) is 427 cm³/mol. The molecule has 7 aromatic carbocycles. The van der Waals surface area contributed by atoms with E-state index < -0.39 is 5.91 Å². The SMILES string of the molecule is Cc1cc(F)cc(CCc2nc(-c3ccc4nccnc4c3)c(-c3ccn(C4CC4)n3)[nH]2)c1.Cn1ccc(-c2[nH]c(-c3ccc(C#N)cc3)nc2-c2ccc3nccnc3c2)n1.Cn1ccc(-c2[nH]c(-c3ccc(C(N)=O)cc3)nc2-c2ccc3nccnc3c2)n1.Cn1ccc(-c2[nH]cnc2-c2ccc3nccnc3c2)n1. The quantitative estimate of drug-likeness (QED) is 0.0636. The normalized spacial score (nSPS) is 11.8. The molecule has 0 saturated heterocycles. The van der Waals surface area contributed by atoms with Crippen LogP contribution in [-0.2, 0) is 34.0 Å². The van der Waals surface area contributed by atoms with Gasteiger partial charge < -0.3 is 25.7 Å². The predicted octanol–water partition coefficient (Wildman–Crippen LogP) is 15.0. The number of imidazole rings is 4. The lowest BCUT2D eigenvalue weighted by atomic mass is 10.1. The molecule has 19 aromatic rings. The molecule has 12 heterocycles. The van der Waals surface area contributed by atoms with Crippen molar-refractivity contribution in [2.75, 3.05) is 0 Å². The average molecular weight is 1490 g/mol. The number of hydrogen-bond donors (Lipinski definition) is 5. The van der Waals surface area contributed by atoms with Crippen LogP contribution >= 0.6 is 0 Å². The Bertz CT molecular complexity index is 6720. The first-order valence-corrected chi connectivity index (χ1v) is 36.1. The monoisotopic (exact) mass is 1490 g/mol. The van der Waals surface area contributed by atoms with Crippen LogP contribution in [0.3, 0.4) is 0 Å². The number of nitrogens with zero attached hydrogens (tertiary/aromatic N) is 21. The molecule has 0 unspecified atom stereocenters. The molecule has 1 aliphatic carbocycles. The number of aromatic amines is 4. The van der Waals surface area contributed by atoms with E-state index in [1.807, 2.05) is 185 Å². The minimum atomic E-state index is -0.465. The smallest absolute Gasteiger partial charge is 0.248 e. The molecule has 0 bridgehead atoms. The summed E-state index contributed by atoms with van der Waals surface area (Å²) in [6.07, 6.45) is 26.6. The third-order valence-corrected chi connectivity index (χ3v) is 18.9. The molecular formula is C85H67FN26O. The van der Waals surface area contributed by atoms with E-state index in [1.54, 1.807) is 106 Å². The van der Waals surface area contributed by atoms with Crippen molar-refractivity contribution >= 4 is 50.0 Å². The average Bonchev–Trinajstić information content (AvgIpc) is 1.62. The first-order chi connectivity index (χ1) is 55.2. The van der Waals surface area contributed by atoms with Crippen LogP contribution in [0, 0.1) is 24.1 Å². The Hall–Kier alpha value is -15.5. The van der Waals surface area contributed by atoms with Crippen molar-refractivity contribution in [3.8, 4) is 119 Å². The van der Waals surface area contributed by atoms with E-state index in [0.717, 1.165) is 163 Å². The number of H-pyrrole nitrogens is 4. The second kappa shape index (κ2) is 30.6. The Morgan fingerprint density at radius 2 is 0.850 bits per heavy atom.